The average molecular weight is 300 g/mol. The molecule has 2 saturated heterocycles. The molecule has 0 N–H and O–H groups in total. The minimum atomic E-state index is -0.610. The van der Waals surface area contributed by atoms with Gasteiger partial charge in [-0.15, -0.1) is 0 Å². The summed E-state index contributed by atoms with van der Waals surface area (Å²) in [6.45, 7) is 7.29. The van der Waals surface area contributed by atoms with Crippen molar-refractivity contribution < 1.29 is 14.3 Å². The Bertz CT molecular complexity index is 333. The van der Waals surface area contributed by atoms with Crippen LogP contribution in [0.5, 0.6) is 0 Å². The summed E-state index contributed by atoms with van der Waals surface area (Å²) in [5, 5.41) is 0. The van der Waals surface area contributed by atoms with Gasteiger partial charge in [-0.1, -0.05) is 6.92 Å². The first-order valence-electron chi connectivity index (χ1n) is 7.95. The van der Waals surface area contributed by atoms with E-state index in [0.29, 0.717) is 12.4 Å². The lowest BCUT2D eigenvalue weighted by atomic mass is 9.76. The predicted octanol–water partition coefficient (Wildman–Crippen LogP) is 3.45. The van der Waals surface area contributed by atoms with Gasteiger partial charge in [0.1, 0.15) is 5.60 Å². The van der Waals surface area contributed by atoms with Crippen LogP contribution in [0.4, 0.5) is 0 Å². The molecule has 2 heterocycles. The Morgan fingerprint density at radius 1 is 1.40 bits per heavy atom. The number of Topliss-reactive ketones (excluding diaryl/α,β-unsaturated/α-hetero) is 1. The molecular formula is C16H28O3S. The highest BCUT2D eigenvalue weighted by molar-refractivity contribution is 7.99. The molecule has 0 bridgehead atoms. The topological polar surface area (TPSA) is 35.5 Å². The van der Waals surface area contributed by atoms with Crippen molar-refractivity contribution in [3.8, 4) is 0 Å². The molecule has 0 aromatic heterocycles. The quantitative estimate of drug-likeness (QED) is 0.779. The maximum atomic E-state index is 12.9. The van der Waals surface area contributed by atoms with Crippen molar-refractivity contribution in [1.82, 2.24) is 0 Å². The zero-order chi connectivity index (χ0) is 14.6. The number of hydrogen-bond acceptors (Lipinski definition) is 4. The number of rotatable bonds is 5. The molecule has 116 valence electrons. The third kappa shape index (κ3) is 3.40. The van der Waals surface area contributed by atoms with Crippen LogP contribution in [0.1, 0.15) is 52.9 Å². The molecule has 0 amide bonds. The Hall–Kier alpha value is -0.0600. The lowest BCUT2D eigenvalue weighted by molar-refractivity contribution is -0.159. The molecule has 2 fully saturated rings. The summed E-state index contributed by atoms with van der Waals surface area (Å²) in [7, 11) is 0. The molecule has 0 aromatic rings. The van der Waals surface area contributed by atoms with Gasteiger partial charge in [0.15, 0.2) is 5.78 Å². The van der Waals surface area contributed by atoms with Crippen molar-refractivity contribution >= 4 is 17.5 Å². The lowest BCUT2D eigenvalue weighted by Crippen LogP contribution is -2.49. The van der Waals surface area contributed by atoms with Crippen LogP contribution in [0, 0.1) is 5.92 Å². The van der Waals surface area contributed by atoms with Gasteiger partial charge >= 0.3 is 0 Å². The van der Waals surface area contributed by atoms with Gasteiger partial charge < -0.3 is 9.47 Å². The predicted molar refractivity (Wildman–Crippen MR) is 83.3 cm³/mol. The van der Waals surface area contributed by atoms with E-state index in [1.807, 2.05) is 32.5 Å². The fraction of sp³-hybridized carbons (Fsp3) is 0.938. The fourth-order valence-electron chi connectivity index (χ4n) is 3.44. The van der Waals surface area contributed by atoms with Crippen molar-refractivity contribution in [2.24, 2.45) is 5.92 Å². The SMILES string of the molecule is CCOC(C)(CC)C(=O)C1CCOC2(CCSCC2)C1. The lowest BCUT2D eigenvalue weighted by Gasteiger charge is -2.44. The molecule has 0 aliphatic carbocycles. The molecular weight excluding hydrogens is 272 g/mol. The Morgan fingerprint density at radius 2 is 2.10 bits per heavy atom. The van der Waals surface area contributed by atoms with E-state index in [1.54, 1.807) is 0 Å². The molecule has 2 aliphatic rings. The molecule has 2 aliphatic heterocycles. The van der Waals surface area contributed by atoms with Gasteiger partial charge in [0.05, 0.1) is 5.60 Å². The molecule has 2 unspecified atom stereocenters. The molecule has 1 spiro atoms. The van der Waals surface area contributed by atoms with Gasteiger partial charge in [0.25, 0.3) is 0 Å². The van der Waals surface area contributed by atoms with Crippen molar-refractivity contribution in [2.45, 2.75) is 64.1 Å². The number of carbonyl (C=O) groups excluding carboxylic acids is 1. The standard InChI is InChI=1S/C16H28O3S/c1-4-15(3,18-5-2)14(17)13-6-9-19-16(12-13)7-10-20-11-8-16/h13H,4-12H2,1-3H3. The fourth-order valence-corrected chi connectivity index (χ4v) is 4.68. The van der Waals surface area contributed by atoms with E-state index in [0.717, 1.165) is 50.2 Å². The zero-order valence-electron chi connectivity index (χ0n) is 13.1. The third-order valence-electron chi connectivity index (χ3n) is 4.93. The van der Waals surface area contributed by atoms with E-state index in [2.05, 4.69) is 0 Å². The van der Waals surface area contributed by atoms with Crippen molar-refractivity contribution in [1.29, 1.82) is 0 Å². The van der Waals surface area contributed by atoms with Gasteiger partial charge in [-0.25, -0.2) is 0 Å². The van der Waals surface area contributed by atoms with E-state index in [9.17, 15) is 4.79 Å². The summed E-state index contributed by atoms with van der Waals surface area (Å²) in [6, 6.07) is 0. The molecule has 3 nitrogen and oxygen atoms in total. The molecule has 2 atom stereocenters. The first-order chi connectivity index (χ1) is 9.55. The van der Waals surface area contributed by atoms with E-state index >= 15 is 0 Å². The van der Waals surface area contributed by atoms with Crippen LogP contribution in [0.2, 0.25) is 0 Å². The summed E-state index contributed by atoms with van der Waals surface area (Å²) in [4.78, 5) is 12.9. The van der Waals surface area contributed by atoms with Gasteiger partial charge in [-0.05, 0) is 57.5 Å². The first kappa shape index (κ1) is 16.3. The molecule has 0 saturated carbocycles. The zero-order valence-corrected chi connectivity index (χ0v) is 13.9. The maximum Gasteiger partial charge on any atom is 0.167 e. The molecule has 20 heavy (non-hydrogen) atoms. The first-order valence-corrected chi connectivity index (χ1v) is 9.11. The monoisotopic (exact) mass is 300 g/mol. The highest BCUT2D eigenvalue weighted by Crippen LogP contribution is 2.41. The second-order valence-corrected chi connectivity index (χ2v) is 7.44. The summed E-state index contributed by atoms with van der Waals surface area (Å²) < 4.78 is 11.9. The van der Waals surface area contributed by atoms with E-state index < -0.39 is 5.60 Å². The van der Waals surface area contributed by atoms with Crippen LogP contribution in [0.15, 0.2) is 0 Å². The van der Waals surface area contributed by atoms with Crippen LogP contribution >= 0.6 is 11.8 Å². The summed E-state index contributed by atoms with van der Waals surface area (Å²) in [5.41, 5.74) is -0.633. The van der Waals surface area contributed by atoms with Crippen molar-refractivity contribution in [3.05, 3.63) is 0 Å². The van der Waals surface area contributed by atoms with Gasteiger partial charge in [0.2, 0.25) is 0 Å². The number of carbonyl (C=O) groups is 1. The normalized spacial score (nSPS) is 29.1. The highest BCUT2D eigenvalue weighted by atomic mass is 32.2. The number of ketones is 1. The van der Waals surface area contributed by atoms with E-state index in [-0.39, 0.29) is 11.5 Å². The van der Waals surface area contributed by atoms with Crippen LogP contribution in [0.25, 0.3) is 0 Å². The Balaban J connectivity index is 2.06. The second-order valence-electron chi connectivity index (χ2n) is 6.22. The molecule has 0 radical (unpaired) electrons. The minimum absolute atomic E-state index is 0.0231. The maximum absolute atomic E-state index is 12.9. The van der Waals surface area contributed by atoms with E-state index in [1.165, 1.54) is 0 Å². The Kier molecular flexibility index (Phi) is 5.55. The molecule has 4 heteroatoms. The van der Waals surface area contributed by atoms with E-state index in [4.69, 9.17) is 9.47 Å². The number of hydrogen-bond donors (Lipinski definition) is 0. The minimum Gasteiger partial charge on any atom is -0.375 e. The second kappa shape index (κ2) is 6.80. The third-order valence-corrected chi connectivity index (χ3v) is 5.91. The van der Waals surface area contributed by atoms with Crippen LogP contribution in [0.3, 0.4) is 0 Å². The number of ether oxygens (including phenoxy) is 2. The summed E-state index contributed by atoms with van der Waals surface area (Å²) in [6.07, 6.45) is 4.70. The summed E-state index contributed by atoms with van der Waals surface area (Å²) >= 11 is 2.00. The highest BCUT2D eigenvalue weighted by Gasteiger charge is 2.45. The van der Waals surface area contributed by atoms with Crippen LogP contribution < -0.4 is 0 Å². The van der Waals surface area contributed by atoms with Crippen LogP contribution in [-0.4, -0.2) is 41.7 Å². The van der Waals surface area contributed by atoms with Crippen molar-refractivity contribution in [2.75, 3.05) is 24.7 Å². The van der Waals surface area contributed by atoms with Gasteiger partial charge in [-0.3, -0.25) is 4.79 Å². The Morgan fingerprint density at radius 3 is 2.70 bits per heavy atom. The average Bonchev–Trinajstić information content (AvgIpc) is 2.47. The van der Waals surface area contributed by atoms with Crippen molar-refractivity contribution in [3.63, 3.8) is 0 Å². The molecule has 2 rings (SSSR count). The van der Waals surface area contributed by atoms with Gasteiger partial charge in [0, 0.05) is 19.1 Å². The Labute approximate surface area is 127 Å². The smallest absolute Gasteiger partial charge is 0.167 e. The largest absolute Gasteiger partial charge is 0.375 e. The van der Waals surface area contributed by atoms with Crippen LogP contribution in [-0.2, 0) is 14.3 Å². The van der Waals surface area contributed by atoms with Gasteiger partial charge in [-0.2, -0.15) is 11.8 Å². The summed E-state index contributed by atoms with van der Waals surface area (Å²) in [5.74, 6) is 2.74. The molecule has 0 aromatic carbocycles. The number of thioether (sulfide) groups is 1.